The highest BCUT2D eigenvalue weighted by Crippen LogP contribution is 2.18. The Balaban J connectivity index is 0.00000420. The van der Waals surface area contributed by atoms with Gasteiger partial charge >= 0.3 is 0 Å². The summed E-state index contributed by atoms with van der Waals surface area (Å²) in [5.41, 5.74) is 1.06. The van der Waals surface area contributed by atoms with Crippen LogP contribution in [0.4, 0.5) is 0 Å². The molecular weight excluding hydrogens is 501 g/mol. The fraction of sp³-hybridized carbons (Fsp3) is 0.381. The van der Waals surface area contributed by atoms with Gasteiger partial charge in [0.25, 0.3) is 0 Å². The van der Waals surface area contributed by atoms with Crippen LogP contribution >= 0.6 is 24.0 Å². The maximum absolute atomic E-state index is 12.4. The van der Waals surface area contributed by atoms with Crippen LogP contribution in [-0.2, 0) is 16.4 Å². The molecule has 160 valence electrons. The molecule has 0 spiro atoms. The number of ether oxygens (including phenoxy) is 1. The summed E-state index contributed by atoms with van der Waals surface area (Å²) in [7, 11) is 0.343. The Morgan fingerprint density at radius 1 is 1.10 bits per heavy atom. The quantitative estimate of drug-likeness (QED) is 0.232. The van der Waals surface area contributed by atoms with E-state index in [-0.39, 0.29) is 29.7 Å². The van der Waals surface area contributed by atoms with Gasteiger partial charge in [0, 0.05) is 32.2 Å². The van der Waals surface area contributed by atoms with Crippen LogP contribution < -0.4 is 10.1 Å². The van der Waals surface area contributed by atoms with Gasteiger partial charge < -0.3 is 15.0 Å². The van der Waals surface area contributed by atoms with Gasteiger partial charge in [-0.25, -0.2) is 8.42 Å². The molecule has 2 aromatic carbocycles. The van der Waals surface area contributed by atoms with Gasteiger partial charge in [0.05, 0.1) is 17.8 Å². The van der Waals surface area contributed by atoms with E-state index in [0.29, 0.717) is 24.4 Å². The Labute approximate surface area is 191 Å². The van der Waals surface area contributed by atoms with Crippen LogP contribution in [0, 0.1) is 0 Å². The number of nitrogens with one attached hydrogen (secondary N) is 1. The molecule has 29 heavy (non-hydrogen) atoms. The maximum Gasteiger partial charge on any atom is 0.193 e. The summed E-state index contributed by atoms with van der Waals surface area (Å²) in [5, 5.41) is 3.26. The molecule has 0 unspecified atom stereocenters. The first kappa shape index (κ1) is 25.2. The van der Waals surface area contributed by atoms with Gasteiger partial charge in [0.1, 0.15) is 5.75 Å². The number of guanidine groups is 1. The number of aliphatic imine (C=N–C) groups is 1. The minimum Gasteiger partial charge on any atom is -0.496 e. The predicted molar refractivity (Wildman–Crippen MR) is 129 cm³/mol. The van der Waals surface area contributed by atoms with Crippen molar-refractivity contribution in [1.82, 2.24) is 10.2 Å². The largest absolute Gasteiger partial charge is 0.496 e. The summed E-state index contributed by atoms with van der Waals surface area (Å²) in [6.45, 7) is 3.81. The first-order chi connectivity index (χ1) is 13.5. The molecular formula is C21H30IN3O3S. The summed E-state index contributed by atoms with van der Waals surface area (Å²) in [6.07, 6.45) is 0.467. The van der Waals surface area contributed by atoms with E-state index < -0.39 is 9.84 Å². The molecule has 0 aliphatic rings. The zero-order valence-corrected chi connectivity index (χ0v) is 20.3. The van der Waals surface area contributed by atoms with Gasteiger partial charge in [-0.1, -0.05) is 36.4 Å². The van der Waals surface area contributed by atoms with Crippen molar-refractivity contribution in [1.29, 1.82) is 0 Å². The van der Waals surface area contributed by atoms with E-state index in [1.807, 2.05) is 49.2 Å². The van der Waals surface area contributed by atoms with Crippen LogP contribution in [0.5, 0.6) is 5.75 Å². The van der Waals surface area contributed by atoms with E-state index in [0.717, 1.165) is 23.8 Å². The van der Waals surface area contributed by atoms with E-state index in [1.165, 1.54) is 0 Å². The predicted octanol–water partition coefficient (Wildman–Crippen LogP) is 3.57. The summed E-state index contributed by atoms with van der Waals surface area (Å²) in [4.78, 5) is 6.96. The number of methoxy groups -OCH3 is 1. The number of para-hydroxylation sites is 1. The van der Waals surface area contributed by atoms with Crippen molar-refractivity contribution >= 4 is 39.8 Å². The van der Waals surface area contributed by atoms with Gasteiger partial charge in [-0.15, -0.1) is 24.0 Å². The minimum absolute atomic E-state index is 0. The molecule has 0 heterocycles. The van der Waals surface area contributed by atoms with Gasteiger partial charge in [-0.05, 0) is 31.5 Å². The maximum atomic E-state index is 12.4. The van der Waals surface area contributed by atoms with Crippen molar-refractivity contribution in [3.8, 4) is 5.75 Å². The highest BCUT2D eigenvalue weighted by atomic mass is 127. The van der Waals surface area contributed by atoms with E-state index in [9.17, 15) is 8.42 Å². The first-order valence-corrected chi connectivity index (χ1v) is 11.0. The van der Waals surface area contributed by atoms with Crippen LogP contribution in [0.1, 0.15) is 18.9 Å². The van der Waals surface area contributed by atoms with Crippen LogP contribution in [0.2, 0.25) is 0 Å². The Kier molecular flexibility index (Phi) is 11.0. The standard InChI is InChI=1S/C21H29N3O3S.HI/c1-4-22-21(24(2)17-18-11-8-9-14-20(18)27-3)23-15-10-16-28(25,26)19-12-6-5-7-13-19;/h5-9,11-14H,4,10,15-17H2,1-3H3,(H,22,23);1H. The topological polar surface area (TPSA) is 71.0 Å². The number of halogens is 1. The lowest BCUT2D eigenvalue weighted by Crippen LogP contribution is -2.38. The van der Waals surface area contributed by atoms with E-state index in [2.05, 4.69) is 10.3 Å². The van der Waals surface area contributed by atoms with Gasteiger partial charge in [0.2, 0.25) is 0 Å². The second kappa shape index (κ2) is 12.7. The Morgan fingerprint density at radius 2 is 1.76 bits per heavy atom. The zero-order valence-electron chi connectivity index (χ0n) is 17.2. The first-order valence-electron chi connectivity index (χ1n) is 9.37. The van der Waals surface area contributed by atoms with Gasteiger partial charge in [0.15, 0.2) is 15.8 Å². The third-order valence-corrected chi connectivity index (χ3v) is 6.05. The molecule has 0 saturated carbocycles. The smallest absolute Gasteiger partial charge is 0.193 e. The lowest BCUT2D eigenvalue weighted by molar-refractivity contribution is 0.396. The number of sulfone groups is 1. The molecule has 2 aromatic rings. The molecule has 6 nitrogen and oxygen atoms in total. The number of rotatable bonds is 9. The molecule has 2 rings (SSSR count). The zero-order chi connectivity index (χ0) is 20.4. The van der Waals surface area contributed by atoms with Crippen molar-refractivity contribution in [3.05, 3.63) is 60.2 Å². The molecule has 0 aliphatic heterocycles. The summed E-state index contributed by atoms with van der Waals surface area (Å²) >= 11 is 0. The second-order valence-electron chi connectivity index (χ2n) is 6.39. The van der Waals surface area contributed by atoms with Crippen molar-refractivity contribution in [2.75, 3.05) is 33.0 Å². The molecule has 0 bridgehead atoms. The lowest BCUT2D eigenvalue weighted by atomic mass is 10.2. The number of hydrogen-bond donors (Lipinski definition) is 1. The summed E-state index contributed by atoms with van der Waals surface area (Å²) in [6, 6.07) is 16.4. The highest BCUT2D eigenvalue weighted by Gasteiger charge is 2.14. The average molecular weight is 531 g/mol. The summed E-state index contributed by atoms with van der Waals surface area (Å²) < 4.78 is 30.1. The van der Waals surface area contributed by atoms with Gasteiger partial charge in [-0.2, -0.15) is 0 Å². The van der Waals surface area contributed by atoms with Crippen molar-refractivity contribution < 1.29 is 13.2 Å². The third-order valence-electron chi connectivity index (χ3n) is 4.23. The van der Waals surface area contributed by atoms with Crippen LogP contribution in [-0.4, -0.2) is 52.3 Å². The SMILES string of the molecule is CCNC(=NCCCS(=O)(=O)c1ccccc1)N(C)Cc1ccccc1OC.I. The Hall–Kier alpha value is -1.81. The Morgan fingerprint density at radius 3 is 2.41 bits per heavy atom. The van der Waals surface area contributed by atoms with Crippen LogP contribution in [0.3, 0.4) is 0 Å². The van der Waals surface area contributed by atoms with Gasteiger partial charge in [-0.3, -0.25) is 4.99 Å². The average Bonchev–Trinajstić information content (AvgIpc) is 2.71. The monoisotopic (exact) mass is 531 g/mol. The normalized spacial score (nSPS) is 11.5. The summed E-state index contributed by atoms with van der Waals surface area (Å²) in [5.74, 6) is 1.65. The molecule has 8 heteroatoms. The van der Waals surface area contributed by atoms with E-state index in [1.54, 1.807) is 31.4 Å². The molecule has 0 fully saturated rings. The lowest BCUT2D eigenvalue weighted by Gasteiger charge is -2.23. The second-order valence-corrected chi connectivity index (χ2v) is 8.50. The molecule has 0 atom stereocenters. The molecule has 0 radical (unpaired) electrons. The number of benzene rings is 2. The number of nitrogens with zero attached hydrogens (tertiary/aromatic N) is 2. The fourth-order valence-electron chi connectivity index (χ4n) is 2.82. The fourth-order valence-corrected chi connectivity index (χ4v) is 4.14. The van der Waals surface area contributed by atoms with Crippen molar-refractivity contribution in [2.24, 2.45) is 4.99 Å². The van der Waals surface area contributed by atoms with Crippen molar-refractivity contribution in [2.45, 2.75) is 24.8 Å². The van der Waals surface area contributed by atoms with E-state index in [4.69, 9.17) is 4.74 Å². The number of hydrogen-bond acceptors (Lipinski definition) is 4. The molecule has 0 saturated heterocycles. The third kappa shape index (κ3) is 7.85. The van der Waals surface area contributed by atoms with Crippen molar-refractivity contribution in [3.63, 3.8) is 0 Å². The Bertz CT molecular complexity index is 874. The van der Waals surface area contributed by atoms with Crippen LogP contribution in [0.25, 0.3) is 0 Å². The minimum atomic E-state index is -3.27. The molecule has 0 aromatic heterocycles. The highest BCUT2D eigenvalue weighted by molar-refractivity contribution is 14.0. The molecule has 0 aliphatic carbocycles. The van der Waals surface area contributed by atoms with E-state index >= 15 is 0 Å². The molecule has 1 N–H and O–H groups in total. The molecule has 0 amide bonds. The van der Waals surface area contributed by atoms with Crippen LogP contribution in [0.15, 0.2) is 64.5 Å².